The summed E-state index contributed by atoms with van der Waals surface area (Å²) in [5.41, 5.74) is 0. The van der Waals surface area contributed by atoms with Gasteiger partial charge in [-0.15, -0.1) is 0 Å². The van der Waals surface area contributed by atoms with Gasteiger partial charge in [0.2, 0.25) is 0 Å². The van der Waals surface area contributed by atoms with Gasteiger partial charge in [-0.05, 0) is 61.4 Å². The zero-order chi connectivity index (χ0) is 20.6. The topological polar surface area (TPSA) is 18.5 Å². The van der Waals surface area contributed by atoms with Crippen LogP contribution in [0.25, 0.3) is 0 Å². The number of hydrogen-bond donors (Lipinski definition) is 0. The largest absolute Gasteiger partial charge is 0.494 e. The highest BCUT2D eigenvalue weighted by Gasteiger charge is 2.01. The molecule has 2 aromatic carbocycles. The molecule has 0 fully saturated rings. The van der Waals surface area contributed by atoms with E-state index in [1.165, 1.54) is 61.2 Å². The summed E-state index contributed by atoms with van der Waals surface area (Å²) in [6.45, 7) is 6.12. The minimum Gasteiger partial charge on any atom is -0.494 e. The van der Waals surface area contributed by atoms with Gasteiger partial charge in [0, 0.05) is 9.79 Å². The van der Waals surface area contributed by atoms with E-state index in [9.17, 15) is 0 Å². The Bertz CT molecular complexity index is 579. The number of ether oxygens (including phenoxy) is 2. The second-order valence-corrected chi connectivity index (χ2v) is 8.72. The lowest BCUT2D eigenvalue weighted by Gasteiger charge is -2.08. The second-order valence-electron chi connectivity index (χ2n) is 7.57. The fourth-order valence-corrected chi connectivity index (χ4v) is 3.95. The van der Waals surface area contributed by atoms with Crippen LogP contribution in [-0.4, -0.2) is 13.2 Å². The van der Waals surface area contributed by atoms with Crippen LogP contribution >= 0.6 is 11.8 Å². The first-order chi connectivity index (χ1) is 14.3. The molecular weight excluding hydrogens is 376 g/mol. The number of benzene rings is 2. The SMILES string of the molecule is CCCCCCCOc1ccc(Sc2ccc(OCCCCCCC)cc2)cc1. The molecule has 2 aromatic rings. The number of hydrogen-bond acceptors (Lipinski definition) is 3. The van der Waals surface area contributed by atoms with Crippen LogP contribution in [0.2, 0.25) is 0 Å². The first kappa shape index (κ1) is 23.7. The van der Waals surface area contributed by atoms with E-state index in [-0.39, 0.29) is 0 Å². The fraction of sp³-hybridized carbons (Fsp3) is 0.538. The highest BCUT2D eigenvalue weighted by Crippen LogP contribution is 2.30. The van der Waals surface area contributed by atoms with Gasteiger partial charge < -0.3 is 9.47 Å². The van der Waals surface area contributed by atoms with Gasteiger partial charge in [-0.1, -0.05) is 77.0 Å². The van der Waals surface area contributed by atoms with Crippen LogP contribution < -0.4 is 9.47 Å². The van der Waals surface area contributed by atoms with E-state index < -0.39 is 0 Å². The van der Waals surface area contributed by atoms with Crippen LogP contribution in [0.15, 0.2) is 58.3 Å². The Morgan fingerprint density at radius 2 is 0.897 bits per heavy atom. The lowest BCUT2D eigenvalue weighted by Crippen LogP contribution is -1.97. The molecule has 0 unspecified atom stereocenters. The maximum Gasteiger partial charge on any atom is 0.119 e. The zero-order valence-electron chi connectivity index (χ0n) is 18.3. The Morgan fingerprint density at radius 1 is 0.517 bits per heavy atom. The van der Waals surface area contributed by atoms with Gasteiger partial charge in [-0.2, -0.15) is 0 Å². The van der Waals surface area contributed by atoms with Gasteiger partial charge in [-0.3, -0.25) is 0 Å². The molecule has 29 heavy (non-hydrogen) atoms. The summed E-state index contributed by atoms with van der Waals surface area (Å²) in [6, 6.07) is 16.8. The first-order valence-corrected chi connectivity index (χ1v) is 12.3. The minimum absolute atomic E-state index is 0.816. The smallest absolute Gasteiger partial charge is 0.119 e. The van der Waals surface area contributed by atoms with Crippen LogP contribution in [0.1, 0.15) is 78.1 Å². The van der Waals surface area contributed by atoms with E-state index in [1.807, 2.05) is 0 Å². The molecule has 160 valence electrons. The van der Waals surface area contributed by atoms with Gasteiger partial charge in [0.1, 0.15) is 11.5 Å². The average molecular weight is 415 g/mol. The monoisotopic (exact) mass is 414 g/mol. The summed E-state index contributed by atoms with van der Waals surface area (Å²) in [7, 11) is 0. The third-order valence-corrected chi connectivity index (χ3v) is 5.93. The molecule has 0 spiro atoms. The quantitative estimate of drug-likeness (QED) is 0.256. The predicted molar refractivity (Wildman–Crippen MR) is 126 cm³/mol. The summed E-state index contributed by atoms with van der Waals surface area (Å²) in [5.74, 6) is 1.93. The van der Waals surface area contributed by atoms with Crippen molar-refractivity contribution in [1.29, 1.82) is 0 Å². The zero-order valence-corrected chi connectivity index (χ0v) is 19.1. The van der Waals surface area contributed by atoms with Crippen LogP contribution in [0.5, 0.6) is 11.5 Å². The summed E-state index contributed by atoms with van der Waals surface area (Å²) in [4.78, 5) is 2.45. The van der Waals surface area contributed by atoms with Gasteiger partial charge in [0.15, 0.2) is 0 Å². The Balaban J connectivity index is 1.66. The standard InChI is InChI=1S/C26H38O2S/c1-3-5-7-9-11-21-27-23-13-17-25(18-14-23)29-26-19-15-24(16-20-26)28-22-12-10-8-6-4-2/h13-20H,3-12,21-22H2,1-2H3. The molecule has 2 nitrogen and oxygen atoms in total. The van der Waals surface area contributed by atoms with Gasteiger partial charge in [0.05, 0.1) is 13.2 Å². The van der Waals surface area contributed by atoms with E-state index >= 15 is 0 Å². The molecule has 0 amide bonds. The molecule has 3 heteroatoms. The fourth-order valence-electron chi connectivity index (χ4n) is 3.14. The predicted octanol–water partition coefficient (Wildman–Crippen LogP) is 8.54. The first-order valence-electron chi connectivity index (χ1n) is 11.5. The van der Waals surface area contributed by atoms with Crippen LogP contribution in [0.4, 0.5) is 0 Å². The lowest BCUT2D eigenvalue weighted by molar-refractivity contribution is 0.304. The maximum absolute atomic E-state index is 5.85. The van der Waals surface area contributed by atoms with Gasteiger partial charge in [0.25, 0.3) is 0 Å². The van der Waals surface area contributed by atoms with Crippen molar-refractivity contribution < 1.29 is 9.47 Å². The molecule has 0 aliphatic carbocycles. The molecular formula is C26H38O2S. The van der Waals surface area contributed by atoms with Crippen molar-refractivity contribution in [3.05, 3.63) is 48.5 Å². The normalized spacial score (nSPS) is 10.8. The molecule has 0 aliphatic heterocycles. The lowest BCUT2D eigenvalue weighted by atomic mass is 10.2. The number of unbranched alkanes of at least 4 members (excludes halogenated alkanes) is 8. The van der Waals surface area contributed by atoms with Crippen LogP contribution in [-0.2, 0) is 0 Å². The van der Waals surface area contributed by atoms with Gasteiger partial charge in [-0.25, -0.2) is 0 Å². The molecule has 0 saturated carbocycles. The van der Waals surface area contributed by atoms with Crippen molar-refractivity contribution in [1.82, 2.24) is 0 Å². The van der Waals surface area contributed by atoms with E-state index in [0.29, 0.717) is 0 Å². The third-order valence-electron chi connectivity index (χ3n) is 4.92. The maximum atomic E-state index is 5.85. The molecule has 0 heterocycles. The van der Waals surface area contributed by atoms with E-state index in [0.717, 1.165) is 37.6 Å². The van der Waals surface area contributed by atoms with Crippen LogP contribution in [0.3, 0.4) is 0 Å². The molecule has 0 radical (unpaired) electrons. The second kappa shape index (κ2) is 15.3. The molecule has 0 saturated heterocycles. The van der Waals surface area contributed by atoms with Gasteiger partial charge >= 0.3 is 0 Å². The average Bonchev–Trinajstić information content (AvgIpc) is 2.75. The van der Waals surface area contributed by atoms with Crippen molar-refractivity contribution in [3.8, 4) is 11.5 Å². The Hall–Kier alpha value is -1.61. The van der Waals surface area contributed by atoms with E-state index in [2.05, 4.69) is 62.4 Å². The molecule has 0 aromatic heterocycles. The van der Waals surface area contributed by atoms with E-state index in [4.69, 9.17) is 9.47 Å². The molecule has 0 aliphatic rings. The Kier molecular flexibility index (Phi) is 12.5. The van der Waals surface area contributed by atoms with Crippen molar-refractivity contribution in [2.45, 2.75) is 87.8 Å². The highest BCUT2D eigenvalue weighted by molar-refractivity contribution is 7.99. The van der Waals surface area contributed by atoms with Crippen molar-refractivity contribution in [2.24, 2.45) is 0 Å². The van der Waals surface area contributed by atoms with Crippen molar-refractivity contribution in [2.75, 3.05) is 13.2 Å². The third kappa shape index (κ3) is 10.7. The summed E-state index contributed by atoms with van der Waals surface area (Å²) in [6.07, 6.45) is 12.7. The Morgan fingerprint density at radius 3 is 1.28 bits per heavy atom. The summed E-state index contributed by atoms with van der Waals surface area (Å²) in [5, 5.41) is 0. The molecule has 2 rings (SSSR count). The molecule has 0 atom stereocenters. The van der Waals surface area contributed by atoms with Crippen LogP contribution in [0, 0.1) is 0 Å². The highest BCUT2D eigenvalue weighted by atomic mass is 32.2. The summed E-state index contributed by atoms with van der Waals surface area (Å²) < 4.78 is 11.7. The van der Waals surface area contributed by atoms with Crippen molar-refractivity contribution >= 4 is 11.8 Å². The van der Waals surface area contributed by atoms with Crippen molar-refractivity contribution in [3.63, 3.8) is 0 Å². The summed E-state index contributed by atoms with van der Waals surface area (Å²) >= 11 is 1.77. The molecule has 0 bridgehead atoms. The minimum atomic E-state index is 0.816. The van der Waals surface area contributed by atoms with E-state index in [1.54, 1.807) is 11.8 Å². The molecule has 0 N–H and O–H groups in total. The number of rotatable bonds is 16. The Labute approximate surface area is 182 Å².